The summed E-state index contributed by atoms with van der Waals surface area (Å²) in [6, 6.07) is 5.06. The van der Waals surface area contributed by atoms with Crippen molar-refractivity contribution in [3.63, 3.8) is 0 Å². The van der Waals surface area contributed by atoms with Crippen LogP contribution in [0.1, 0.15) is 23.7 Å². The predicted octanol–water partition coefficient (Wildman–Crippen LogP) is 1.19. The molecule has 0 aliphatic rings. The second-order valence-electron chi connectivity index (χ2n) is 4.34. The molecule has 0 aliphatic heterocycles. The normalized spacial score (nSPS) is 13.7. The molecular formula is C14H21NO4. The standard InChI is InChI=1S/C14H21NO4/c1-9-7-10(18-3)5-6-11(9)14(17)12(15-2)8-13(16)19-4/h5-7,12,14-15,17H,8H2,1-4H3. The zero-order valence-electron chi connectivity index (χ0n) is 11.8. The van der Waals surface area contributed by atoms with Crippen LogP contribution < -0.4 is 10.1 Å². The summed E-state index contributed by atoms with van der Waals surface area (Å²) in [5, 5.41) is 13.3. The van der Waals surface area contributed by atoms with E-state index in [1.165, 1.54) is 7.11 Å². The van der Waals surface area contributed by atoms with Crippen molar-refractivity contribution in [2.45, 2.75) is 25.5 Å². The molecule has 1 aromatic rings. The number of methoxy groups -OCH3 is 2. The molecule has 19 heavy (non-hydrogen) atoms. The summed E-state index contributed by atoms with van der Waals surface area (Å²) in [7, 11) is 4.63. The Morgan fingerprint density at radius 2 is 2.11 bits per heavy atom. The number of carbonyl (C=O) groups excluding carboxylic acids is 1. The number of esters is 1. The molecule has 0 aliphatic carbocycles. The van der Waals surface area contributed by atoms with Crippen LogP contribution in [0.3, 0.4) is 0 Å². The first-order chi connectivity index (χ1) is 9.03. The van der Waals surface area contributed by atoms with Crippen molar-refractivity contribution < 1.29 is 19.4 Å². The minimum atomic E-state index is -0.782. The zero-order valence-corrected chi connectivity index (χ0v) is 11.8. The molecule has 5 heteroatoms. The van der Waals surface area contributed by atoms with E-state index in [1.807, 2.05) is 13.0 Å². The van der Waals surface area contributed by atoms with E-state index in [4.69, 9.17) is 4.74 Å². The maximum Gasteiger partial charge on any atom is 0.307 e. The molecule has 1 rings (SSSR count). The van der Waals surface area contributed by atoms with Crippen molar-refractivity contribution in [3.8, 4) is 5.75 Å². The predicted molar refractivity (Wildman–Crippen MR) is 72.2 cm³/mol. The Morgan fingerprint density at radius 3 is 2.58 bits per heavy atom. The molecule has 0 radical (unpaired) electrons. The number of benzene rings is 1. The first kappa shape index (κ1) is 15.5. The van der Waals surface area contributed by atoms with E-state index in [0.29, 0.717) is 0 Å². The largest absolute Gasteiger partial charge is 0.497 e. The summed E-state index contributed by atoms with van der Waals surface area (Å²) in [5.41, 5.74) is 1.68. The average Bonchev–Trinajstić information content (AvgIpc) is 2.43. The molecule has 0 spiro atoms. The van der Waals surface area contributed by atoms with E-state index in [0.717, 1.165) is 16.9 Å². The van der Waals surface area contributed by atoms with Crippen LogP contribution in [0, 0.1) is 6.92 Å². The SMILES string of the molecule is CNC(CC(=O)OC)C(O)c1ccc(OC)cc1C. The van der Waals surface area contributed by atoms with Crippen LogP contribution in [0.25, 0.3) is 0 Å². The number of nitrogens with one attached hydrogen (secondary N) is 1. The second-order valence-corrected chi connectivity index (χ2v) is 4.34. The highest BCUT2D eigenvalue weighted by Gasteiger charge is 2.24. The van der Waals surface area contributed by atoms with Crippen LogP contribution in [0.4, 0.5) is 0 Å². The van der Waals surface area contributed by atoms with Gasteiger partial charge in [-0.1, -0.05) is 6.07 Å². The molecule has 0 bridgehead atoms. The van der Waals surface area contributed by atoms with Crippen molar-refractivity contribution in [2.75, 3.05) is 21.3 Å². The quantitative estimate of drug-likeness (QED) is 0.758. The summed E-state index contributed by atoms with van der Waals surface area (Å²) in [6.45, 7) is 1.89. The molecule has 2 atom stereocenters. The zero-order chi connectivity index (χ0) is 14.4. The Kier molecular flexibility index (Phi) is 5.79. The summed E-state index contributed by atoms with van der Waals surface area (Å²) in [4.78, 5) is 11.3. The summed E-state index contributed by atoms with van der Waals surface area (Å²) < 4.78 is 9.75. The van der Waals surface area contributed by atoms with Gasteiger partial charge in [0.2, 0.25) is 0 Å². The number of carbonyl (C=O) groups is 1. The van der Waals surface area contributed by atoms with E-state index >= 15 is 0 Å². The number of aliphatic hydroxyl groups is 1. The lowest BCUT2D eigenvalue weighted by molar-refractivity contribution is -0.142. The lowest BCUT2D eigenvalue weighted by Crippen LogP contribution is -2.35. The lowest BCUT2D eigenvalue weighted by Gasteiger charge is -2.23. The highest BCUT2D eigenvalue weighted by molar-refractivity contribution is 5.70. The van der Waals surface area contributed by atoms with Gasteiger partial charge < -0.3 is 19.9 Å². The molecule has 0 saturated carbocycles. The number of ether oxygens (including phenoxy) is 2. The van der Waals surface area contributed by atoms with Crippen molar-refractivity contribution in [2.24, 2.45) is 0 Å². The van der Waals surface area contributed by atoms with Crippen LogP contribution >= 0.6 is 0 Å². The molecule has 106 valence electrons. The molecule has 2 unspecified atom stereocenters. The third-order valence-corrected chi connectivity index (χ3v) is 3.16. The fourth-order valence-corrected chi connectivity index (χ4v) is 1.96. The van der Waals surface area contributed by atoms with E-state index < -0.39 is 6.10 Å². The summed E-state index contributed by atoms with van der Waals surface area (Å²) in [6.07, 6.45) is -0.672. The van der Waals surface area contributed by atoms with Gasteiger partial charge in [0.25, 0.3) is 0 Å². The minimum Gasteiger partial charge on any atom is -0.497 e. The van der Waals surface area contributed by atoms with Gasteiger partial charge in [0.05, 0.1) is 26.7 Å². The fourth-order valence-electron chi connectivity index (χ4n) is 1.96. The van der Waals surface area contributed by atoms with Gasteiger partial charge in [-0.15, -0.1) is 0 Å². The van der Waals surface area contributed by atoms with E-state index in [1.54, 1.807) is 26.3 Å². The first-order valence-corrected chi connectivity index (χ1v) is 6.10. The third-order valence-electron chi connectivity index (χ3n) is 3.16. The van der Waals surface area contributed by atoms with Crippen LogP contribution in [0.5, 0.6) is 5.75 Å². The van der Waals surface area contributed by atoms with E-state index in [2.05, 4.69) is 10.1 Å². The van der Waals surface area contributed by atoms with Gasteiger partial charge in [0, 0.05) is 6.04 Å². The molecule has 0 saturated heterocycles. The van der Waals surface area contributed by atoms with Gasteiger partial charge in [-0.3, -0.25) is 4.79 Å². The molecule has 2 N–H and O–H groups in total. The monoisotopic (exact) mass is 267 g/mol. The van der Waals surface area contributed by atoms with Gasteiger partial charge in [-0.05, 0) is 37.2 Å². The maximum atomic E-state index is 11.3. The van der Waals surface area contributed by atoms with E-state index in [-0.39, 0.29) is 18.4 Å². The molecule has 1 aromatic carbocycles. The van der Waals surface area contributed by atoms with Crippen molar-refractivity contribution in [3.05, 3.63) is 29.3 Å². The van der Waals surface area contributed by atoms with Gasteiger partial charge in [0.1, 0.15) is 5.75 Å². The number of rotatable bonds is 6. The lowest BCUT2D eigenvalue weighted by atomic mass is 9.96. The van der Waals surface area contributed by atoms with Crippen LogP contribution in [0.15, 0.2) is 18.2 Å². The molecule has 0 amide bonds. The van der Waals surface area contributed by atoms with E-state index in [9.17, 15) is 9.90 Å². The Bertz CT molecular complexity index is 433. The smallest absolute Gasteiger partial charge is 0.307 e. The van der Waals surface area contributed by atoms with Crippen LogP contribution in [-0.4, -0.2) is 38.4 Å². The number of aryl methyl sites for hydroxylation is 1. The van der Waals surface area contributed by atoms with Gasteiger partial charge in [-0.2, -0.15) is 0 Å². The third kappa shape index (κ3) is 3.94. The number of hydrogen-bond donors (Lipinski definition) is 2. The molecular weight excluding hydrogens is 246 g/mol. The maximum absolute atomic E-state index is 11.3. The van der Waals surface area contributed by atoms with Crippen molar-refractivity contribution >= 4 is 5.97 Å². The Morgan fingerprint density at radius 1 is 1.42 bits per heavy atom. The van der Waals surface area contributed by atoms with Gasteiger partial charge in [0.15, 0.2) is 0 Å². The molecule has 0 heterocycles. The number of hydrogen-bond acceptors (Lipinski definition) is 5. The highest BCUT2D eigenvalue weighted by Crippen LogP contribution is 2.25. The second kappa shape index (κ2) is 7.11. The van der Waals surface area contributed by atoms with Crippen molar-refractivity contribution in [1.29, 1.82) is 0 Å². The Balaban J connectivity index is 2.90. The number of aliphatic hydroxyl groups excluding tert-OH is 1. The molecule has 5 nitrogen and oxygen atoms in total. The highest BCUT2D eigenvalue weighted by atomic mass is 16.5. The Labute approximate surface area is 113 Å². The average molecular weight is 267 g/mol. The minimum absolute atomic E-state index is 0.111. The Hall–Kier alpha value is -1.59. The summed E-state index contributed by atoms with van der Waals surface area (Å²) in [5.74, 6) is 0.381. The topological polar surface area (TPSA) is 67.8 Å². The first-order valence-electron chi connectivity index (χ1n) is 6.10. The van der Waals surface area contributed by atoms with Crippen LogP contribution in [-0.2, 0) is 9.53 Å². The molecule has 0 fully saturated rings. The fraction of sp³-hybridized carbons (Fsp3) is 0.500. The van der Waals surface area contributed by atoms with Crippen molar-refractivity contribution in [1.82, 2.24) is 5.32 Å². The van der Waals surface area contributed by atoms with Gasteiger partial charge in [-0.25, -0.2) is 0 Å². The summed E-state index contributed by atoms with van der Waals surface area (Å²) >= 11 is 0. The molecule has 0 aromatic heterocycles. The van der Waals surface area contributed by atoms with Gasteiger partial charge >= 0.3 is 5.97 Å². The van der Waals surface area contributed by atoms with Crippen LogP contribution in [0.2, 0.25) is 0 Å². The number of likely N-dealkylation sites (N-methyl/N-ethyl adjacent to an activating group) is 1.